The largest absolute Gasteiger partial charge is 0.493 e. The molecule has 7 nitrogen and oxygen atoms in total. The second-order valence-corrected chi connectivity index (χ2v) is 8.14. The molecular weight excluding hydrogens is 430 g/mol. The minimum atomic E-state index is -0.563. The predicted octanol–water partition coefficient (Wildman–Crippen LogP) is 4.07. The number of aliphatic hydroxyl groups is 1. The zero-order chi connectivity index (χ0) is 24.9. The fourth-order valence-electron chi connectivity index (χ4n) is 3.85. The highest BCUT2D eigenvalue weighted by Gasteiger charge is 2.21. The number of ether oxygens (including phenoxy) is 3. The molecule has 1 fully saturated rings. The molecule has 1 aliphatic rings. The van der Waals surface area contributed by atoms with E-state index in [9.17, 15) is 5.11 Å². The number of hydrogen-bond donors (Lipinski definition) is 1. The van der Waals surface area contributed by atoms with Gasteiger partial charge in [-0.3, -0.25) is 9.80 Å². The molecule has 2 aromatic carbocycles. The Labute approximate surface area is 205 Å². The van der Waals surface area contributed by atoms with Crippen molar-refractivity contribution in [2.24, 2.45) is 4.99 Å². The number of aryl methyl sites for hydroxylation is 2. The summed E-state index contributed by atoms with van der Waals surface area (Å²) < 4.78 is 16.6. The van der Waals surface area contributed by atoms with E-state index in [1.807, 2.05) is 44.2 Å². The zero-order valence-corrected chi connectivity index (χ0v) is 21.6. The van der Waals surface area contributed by atoms with Crippen molar-refractivity contribution >= 4 is 11.6 Å². The van der Waals surface area contributed by atoms with Crippen molar-refractivity contribution < 1.29 is 19.3 Å². The van der Waals surface area contributed by atoms with Gasteiger partial charge in [0, 0.05) is 32.7 Å². The molecule has 1 aliphatic heterocycles. The number of hydrogen-bond acceptors (Lipinski definition) is 7. The van der Waals surface area contributed by atoms with Gasteiger partial charge in [-0.25, -0.2) is 4.99 Å². The van der Waals surface area contributed by atoms with Gasteiger partial charge < -0.3 is 19.3 Å². The van der Waals surface area contributed by atoms with Crippen LogP contribution in [0.3, 0.4) is 0 Å². The minimum absolute atomic E-state index is 0.233. The molecule has 1 saturated heterocycles. The normalized spacial score (nSPS) is 15.8. The third-order valence-electron chi connectivity index (χ3n) is 5.70. The second kappa shape index (κ2) is 14.6. The van der Waals surface area contributed by atoms with Crippen LogP contribution in [0.2, 0.25) is 0 Å². The molecule has 0 radical (unpaired) electrons. The highest BCUT2D eigenvalue weighted by Crippen LogP contribution is 2.26. The molecule has 1 heterocycles. The van der Waals surface area contributed by atoms with Crippen LogP contribution in [0.15, 0.2) is 47.5 Å². The standard InChI is InChI=1S/C25H35N3O4.C2H6/c1-19-8-7-9-20(2)25(19)26-24(31-4)17-28-14-12-27(13-15-28)16-21(29)18-32-23-11-6-5-10-22(23)30-3;1-2/h5-11,21,29H,12-18H2,1-4H3;1-2H3. The zero-order valence-electron chi connectivity index (χ0n) is 21.6. The van der Waals surface area contributed by atoms with Crippen molar-refractivity contribution in [3.8, 4) is 11.5 Å². The molecule has 0 aliphatic carbocycles. The summed E-state index contributed by atoms with van der Waals surface area (Å²) in [6, 6.07) is 13.7. The lowest BCUT2D eigenvalue weighted by atomic mass is 10.1. The van der Waals surface area contributed by atoms with Crippen LogP contribution < -0.4 is 9.47 Å². The number of nitrogens with zero attached hydrogens (tertiary/aromatic N) is 3. The van der Waals surface area contributed by atoms with Crippen LogP contribution in [-0.4, -0.2) is 87.0 Å². The van der Waals surface area contributed by atoms with Gasteiger partial charge in [-0.2, -0.15) is 0 Å². The van der Waals surface area contributed by atoms with Crippen LogP contribution in [0.4, 0.5) is 5.69 Å². The third-order valence-corrected chi connectivity index (χ3v) is 5.70. The summed E-state index contributed by atoms with van der Waals surface area (Å²) in [4.78, 5) is 9.38. The molecule has 0 amide bonds. The first-order chi connectivity index (χ1) is 16.5. The van der Waals surface area contributed by atoms with E-state index in [0.29, 0.717) is 24.6 Å². The summed E-state index contributed by atoms with van der Waals surface area (Å²) in [5, 5.41) is 10.4. The molecule has 1 N–H and O–H groups in total. The highest BCUT2D eigenvalue weighted by molar-refractivity contribution is 5.82. The summed E-state index contributed by atoms with van der Waals surface area (Å²) in [5.74, 6) is 2.04. The Kier molecular flexibility index (Phi) is 11.9. The summed E-state index contributed by atoms with van der Waals surface area (Å²) in [6.45, 7) is 13.2. The van der Waals surface area contributed by atoms with Crippen molar-refractivity contribution in [3.63, 3.8) is 0 Å². The van der Waals surface area contributed by atoms with Gasteiger partial charge in [0.15, 0.2) is 11.5 Å². The summed E-state index contributed by atoms with van der Waals surface area (Å²) >= 11 is 0. The van der Waals surface area contributed by atoms with Crippen molar-refractivity contribution in [1.82, 2.24) is 9.80 Å². The van der Waals surface area contributed by atoms with Crippen molar-refractivity contribution in [3.05, 3.63) is 53.6 Å². The van der Waals surface area contributed by atoms with E-state index < -0.39 is 6.10 Å². The van der Waals surface area contributed by atoms with Gasteiger partial charge >= 0.3 is 0 Å². The first kappa shape index (κ1) is 27.6. The molecular formula is C27H41N3O4. The SMILES string of the molecule is CC.COC(CN1CCN(CC(O)COc2ccccc2OC)CC1)=Nc1c(C)cccc1C. The number of benzene rings is 2. The van der Waals surface area contributed by atoms with Crippen LogP contribution in [0.1, 0.15) is 25.0 Å². The Hall–Kier alpha value is -2.61. The molecule has 3 rings (SSSR count). The molecule has 34 heavy (non-hydrogen) atoms. The smallest absolute Gasteiger partial charge is 0.202 e. The summed E-state index contributed by atoms with van der Waals surface area (Å²) in [7, 11) is 3.29. The average molecular weight is 472 g/mol. The van der Waals surface area contributed by atoms with Crippen molar-refractivity contribution in [2.45, 2.75) is 33.8 Å². The van der Waals surface area contributed by atoms with E-state index in [2.05, 4.69) is 35.8 Å². The molecule has 0 bridgehead atoms. The van der Waals surface area contributed by atoms with E-state index in [-0.39, 0.29) is 6.61 Å². The molecule has 2 aromatic rings. The van der Waals surface area contributed by atoms with Crippen LogP contribution >= 0.6 is 0 Å². The van der Waals surface area contributed by atoms with Gasteiger partial charge in [0.05, 0.1) is 26.5 Å². The van der Waals surface area contributed by atoms with Crippen LogP contribution in [0.5, 0.6) is 11.5 Å². The van der Waals surface area contributed by atoms with Gasteiger partial charge in [0.2, 0.25) is 5.90 Å². The topological polar surface area (TPSA) is 66.8 Å². The molecule has 1 atom stereocenters. The quantitative estimate of drug-likeness (QED) is 0.439. The van der Waals surface area contributed by atoms with E-state index in [1.54, 1.807) is 14.2 Å². The van der Waals surface area contributed by atoms with Crippen LogP contribution in [-0.2, 0) is 4.74 Å². The number of rotatable bonds is 9. The number of piperazine rings is 1. The summed E-state index contributed by atoms with van der Waals surface area (Å²) in [5.41, 5.74) is 3.28. The third kappa shape index (κ3) is 8.31. The maximum atomic E-state index is 10.4. The van der Waals surface area contributed by atoms with Gasteiger partial charge in [0.1, 0.15) is 12.7 Å². The minimum Gasteiger partial charge on any atom is -0.493 e. The average Bonchev–Trinajstić information content (AvgIpc) is 2.86. The lowest BCUT2D eigenvalue weighted by molar-refractivity contribution is 0.0474. The monoisotopic (exact) mass is 471 g/mol. The van der Waals surface area contributed by atoms with Crippen LogP contribution in [0, 0.1) is 13.8 Å². The van der Waals surface area contributed by atoms with Gasteiger partial charge in [-0.15, -0.1) is 0 Å². The number of β-amino-alcohol motifs (C(OH)–C–C–N with tert-alkyl or cyclic N) is 1. The molecule has 0 saturated carbocycles. The van der Waals surface area contributed by atoms with E-state index in [1.165, 1.54) is 0 Å². The lowest BCUT2D eigenvalue weighted by Gasteiger charge is -2.35. The second-order valence-electron chi connectivity index (χ2n) is 8.14. The fourth-order valence-corrected chi connectivity index (χ4v) is 3.85. The number of methoxy groups -OCH3 is 2. The predicted molar refractivity (Wildman–Crippen MR) is 139 cm³/mol. The lowest BCUT2D eigenvalue weighted by Crippen LogP contribution is -2.50. The van der Waals surface area contributed by atoms with Crippen molar-refractivity contribution in [1.29, 1.82) is 0 Å². The highest BCUT2D eigenvalue weighted by atomic mass is 16.5. The number of aliphatic imine (C=N–C) groups is 1. The molecule has 0 spiro atoms. The Bertz CT molecular complexity index is 875. The maximum absolute atomic E-state index is 10.4. The Morgan fingerprint density at radius 1 is 0.912 bits per heavy atom. The first-order valence-corrected chi connectivity index (χ1v) is 12.1. The molecule has 1 unspecified atom stereocenters. The molecule has 188 valence electrons. The maximum Gasteiger partial charge on any atom is 0.202 e. The van der Waals surface area contributed by atoms with Crippen molar-refractivity contribution in [2.75, 3.05) is 60.1 Å². The van der Waals surface area contributed by atoms with Gasteiger partial charge in [0.25, 0.3) is 0 Å². The summed E-state index contributed by atoms with van der Waals surface area (Å²) in [6.07, 6.45) is -0.563. The Morgan fingerprint density at radius 3 is 2.09 bits per heavy atom. The fraction of sp³-hybridized carbons (Fsp3) is 0.519. The molecule has 0 aromatic heterocycles. The van der Waals surface area contributed by atoms with E-state index in [0.717, 1.165) is 48.9 Å². The van der Waals surface area contributed by atoms with Gasteiger partial charge in [-0.05, 0) is 37.1 Å². The Morgan fingerprint density at radius 2 is 1.50 bits per heavy atom. The van der Waals surface area contributed by atoms with E-state index >= 15 is 0 Å². The van der Waals surface area contributed by atoms with Gasteiger partial charge in [-0.1, -0.05) is 44.2 Å². The Balaban J connectivity index is 0.00000199. The number of para-hydroxylation sites is 3. The van der Waals surface area contributed by atoms with E-state index in [4.69, 9.17) is 19.2 Å². The first-order valence-electron chi connectivity index (χ1n) is 12.1. The van der Waals surface area contributed by atoms with Crippen LogP contribution in [0.25, 0.3) is 0 Å². The molecule has 7 heteroatoms. The number of aliphatic hydroxyl groups excluding tert-OH is 1.